The Hall–Kier alpha value is -1.84. The first-order chi connectivity index (χ1) is 9.29. The topological polar surface area (TPSA) is 57.6 Å². The minimum atomic E-state index is -0.876. The first-order valence-corrected chi connectivity index (χ1v) is 6.83. The standard InChI is InChI=1S/C16H23NO3/c1-11-7-12(2)9-14(8-11)5-6-15(18)17(4)10-13(3)16(19)20/h7-9,13H,5-6,10H2,1-4H3,(H,19,20). The molecule has 1 rings (SSSR count). The molecular formula is C16H23NO3. The number of amides is 1. The molecule has 1 aromatic carbocycles. The number of aryl methyl sites for hydroxylation is 3. The highest BCUT2D eigenvalue weighted by atomic mass is 16.4. The predicted octanol–water partition coefficient (Wildman–Crippen LogP) is 2.42. The van der Waals surface area contributed by atoms with Crippen LogP contribution in [0.25, 0.3) is 0 Å². The molecule has 1 amide bonds. The van der Waals surface area contributed by atoms with Crippen LogP contribution in [0, 0.1) is 19.8 Å². The summed E-state index contributed by atoms with van der Waals surface area (Å²) in [6, 6.07) is 6.27. The van der Waals surface area contributed by atoms with Crippen LogP contribution < -0.4 is 0 Å². The molecule has 1 unspecified atom stereocenters. The van der Waals surface area contributed by atoms with E-state index in [4.69, 9.17) is 5.11 Å². The Kier molecular flexibility index (Phi) is 5.74. The fraction of sp³-hybridized carbons (Fsp3) is 0.500. The number of carbonyl (C=O) groups excluding carboxylic acids is 1. The van der Waals surface area contributed by atoms with Gasteiger partial charge in [0.25, 0.3) is 0 Å². The van der Waals surface area contributed by atoms with Crippen molar-refractivity contribution in [3.63, 3.8) is 0 Å². The normalized spacial score (nSPS) is 12.0. The summed E-state index contributed by atoms with van der Waals surface area (Å²) in [6.45, 7) is 5.94. The Labute approximate surface area is 120 Å². The SMILES string of the molecule is Cc1cc(C)cc(CCC(=O)N(C)CC(C)C(=O)O)c1. The number of aliphatic carboxylic acids is 1. The molecule has 0 aromatic heterocycles. The second-order valence-corrected chi connectivity index (χ2v) is 5.51. The Bertz CT molecular complexity index is 476. The average molecular weight is 277 g/mol. The van der Waals surface area contributed by atoms with Gasteiger partial charge < -0.3 is 10.0 Å². The number of carbonyl (C=O) groups is 2. The third-order valence-corrected chi connectivity index (χ3v) is 3.30. The molecule has 4 nitrogen and oxygen atoms in total. The molecule has 0 spiro atoms. The van der Waals surface area contributed by atoms with E-state index in [1.165, 1.54) is 16.0 Å². The number of carboxylic acid groups (broad SMARTS) is 1. The molecular weight excluding hydrogens is 254 g/mol. The van der Waals surface area contributed by atoms with Crippen molar-refractivity contribution in [2.45, 2.75) is 33.6 Å². The van der Waals surface area contributed by atoms with Crippen molar-refractivity contribution in [3.8, 4) is 0 Å². The van der Waals surface area contributed by atoms with Crippen LogP contribution in [-0.4, -0.2) is 35.5 Å². The van der Waals surface area contributed by atoms with Crippen molar-refractivity contribution < 1.29 is 14.7 Å². The molecule has 1 N–H and O–H groups in total. The van der Waals surface area contributed by atoms with Gasteiger partial charge in [-0.15, -0.1) is 0 Å². The van der Waals surface area contributed by atoms with Crippen LogP contribution in [0.5, 0.6) is 0 Å². The lowest BCUT2D eigenvalue weighted by atomic mass is 10.0. The van der Waals surface area contributed by atoms with Gasteiger partial charge in [0.05, 0.1) is 5.92 Å². The van der Waals surface area contributed by atoms with Crippen LogP contribution in [0.4, 0.5) is 0 Å². The molecule has 0 saturated carbocycles. The van der Waals surface area contributed by atoms with E-state index in [2.05, 4.69) is 18.2 Å². The lowest BCUT2D eigenvalue weighted by Crippen LogP contribution is -2.33. The van der Waals surface area contributed by atoms with Gasteiger partial charge in [0.15, 0.2) is 0 Å². The van der Waals surface area contributed by atoms with E-state index >= 15 is 0 Å². The molecule has 0 fully saturated rings. The van der Waals surface area contributed by atoms with E-state index in [9.17, 15) is 9.59 Å². The fourth-order valence-electron chi connectivity index (χ4n) is 2.25. The number of rotatable bonds is 6. The zero-order valence-corrected chi connectivity index (χ0v) is 12.6. The van der Waals surface area contributed by atoms with Gasteiger partial charge in [-0.3, -0.25) is 9.59 Å². The molecule has 0 aliphatic carbocycles. The zero-order valence-electron chi connectivity index (χ0n) is 12.6. The van der Waals surface area contributed by atoms with Crippen LogP contribution >= 0.6 is 0 Å². The minimum Gasteiger partial charge on any atom is -0.481 e. The molecule has 1 atom stereocenters. The van der Waals surface area contributed by atoms with Gasteiger partial charge in [-0.2, -0.15) is 0 Å². The van der Waals surface area contributed by atoms with Crippen LogP contribution in [0.15, 0.2) is 18.2 Å². The second kappa shape index (κ2) is 7.08. The highest BCUT2D eigenvalue weighted by Gasteiger charge is 2.17. The molecule has 0 saturated heterocycles. The van der Waals surface area contributed by atoms with E-state index in [0.29, 0.717) is 12.8 Å². The molecule has 4 heteroatoms. The van der Waals surface area contributed by atoms with Gasteiger partial charge >= 0.3 is 5.97 Å². The first kappa shape index (κ1) is 16.2. The van der Waals surface area contributed by atoms with Crippen LogP contribution in [-0.2, 0) is 16.0 Å². The van der Waals surface area contributed by atoms with Crippen molar-refractivity contribution in [3.05, 3.63) is 34.9 Å². The summed E-state index contributed by atoms with van der Waals surface area (Å²) in [4.78, 5) is 24.3. The van der Waals surface area contributed by atoms with Crippen LogP contribution in [0.1, 0.15) is 30.0 Å². The van der Waals surface area contributed by atoms with Gasteiger partial charge in [0.2, 0.25) is 5.91 Å². The third-order valence-electron chi connectivity index (χ3n) is 3.30. The molecule has 0 aliphatic heterocycles. The maximum absolute atomic E-state index is 12.0. The van der Waals surface area contributed by atoms with Gasteiger partial charge in [-0.25, -0.2) is 0 Å². The van der Waals surface area contributed by atoms with Gasteiger partial charge in [0, 0.05) is 20.0 Å². The number of benzene rings is 1. The average Bonchev–Trinajstić information content (AvgIpc) is 2.34. The van der Waals surface area contributed by atoms with Crippen molar-refractivity contribution in [1.82, 2.24) is 4.90 Å². The van der Waals surface area contributed by atoms with Crippen LogP contribution in [0.2, 0.25) is 0 Å². The van der Waals surface area contributed by atoms with Crippen molar-refractivity contribution >= 4 is 11.9 Å². The minimum absolute atomic E-state index is 0.0164. The summed E-state index contributed by atoms with van der Waals surface area (Å²) in [5, 5.41) is 8.84. The molecule has 0 bridgehead atoms. The zero-order chi connectivity index (χ0) is 15.3. The van der Waals surface area contributed by atoms with Gasteiger partial charge in [-0.05, 0) is 25.8 Å². The Balaban J connectivity index is 2.52. The van der Waals surface area contributed by atoms with Gasteiger partial charge in [-0.1, -0.05) is 36.2 Å². The van der Waals surface area contributed by atoms with E-state index in [1.54, 1.807) is 14.0 Å². The Morgan fingerprint density at radius 1 is 1.20 bits per heavy atom. The number of hydrogen-bond donors (Lipinski definition) is 1. The van der Waals surface area contributed by atoms with E-state index < -0.39 is 11.9 Å². The number of hydrogen-bond acceptors (Lipinski definition) is 2. The van der Waals surface area contributed by atoms with E-state index in [0.717, 1.165) is 5.56 Å². The lowest BCUT2D eigenvalue weighted by molar-refractivity contribution is -0.142. The van der Waals surface area contributed by atoms with Crippen LogP contribution in [0.3, 0.4) is 0 Å². The summed E-state index contributed by atoms with van der Waals surface area (Å²) in [7, 11) is 1.66. The smallest absolute Gasteiger partial charge is 0.308 e. The summed E-state index contributed by atoms with van der Waals surface area (Å²) >= 11 is 0. The Morgan fingerprint density at radius 3 is 2.25 bits per heavy atom. The maximum Gasteiger partial charge on any atom is 0.308 e. The molecule has 1 aromatic rings. The molecule has 0 radical (unpaired) electrons. The monoisotopic (exact) mass is 277 g/mol. The second-order valence-electron chi connectivity index (χ2n) is 5.51. The summed E-state index contributed by atoms with van der Waals surface area (Å²) in [5.74, 6) is -1.43. The van der Waals surface area contributed by atoms with Crippen molar-refractivity contribution in [1.29, 1.82) is 0 Å². The van der Waals surface area contributed by atoms with Crippen molar-refractivity contribution in [2.24, 2.45) is 5.92 Å². The summed E-state index contributed by atoms with van der Waals surface area (Å²) in [6.07, 6.45) is 1.10. The van der Waals surface area contributed by atoms with E-state index in [-0.39, 0.29) is 12.5 Å². The van der Waals surface area contributed by atoms with E-state index in [1.807, 2.05) is 13.8 Å². The number of carboxylic acids is 1. The predicted molar refractivity (Wildman–Crippen MR) is 78.7 cm³/mol. The molecule has 0 aliphatic rings. The maximum atomic E-state index is 12.0. The first-order valence-electron chi connectivity index (χ1n) is 6.83. The molecule has 110 valence electrons. The van der Waals surface area contributed by atoms with Gasteiger partial charge in [0.1, 0.15) is 0 Å². The highest BCUT2D eigenvalue weighted by Crippen LogP contribution is 2.11. The fourth-order valence-corrected chi connectivity index (χ4v) is 2.25. The molecule has 20 heavy (non-hydrogen) atoms. The third kappa shape index (κ3) is 5.03. The summed E-state index contributed by atoms with van der Waals surface area (Å²) < 4.78 is 0. The largest absolute Gasteiger partial charge is 0.481 e. The molecule has 0 heterocycles. The highest BCUT2D eigenvalue weighted by molar-refractivity contribution is 5.77. The summed E-state index contributed by atoms with van der Waals surface area (Å²) in [5.41, 5.74) is 3.54. The lowest BCUT2D eigenvalue weighted by Gasteiger charge is -2.19. The quantitative estimate of drug-likeness (QED) is 0.868. The number of nitrogens with zero attached hydrogens (tertiary/aromatic N) is 1. The Morgan fingerprint density at radius 2 is 1.75 bits per heavy atom. The van der Waals surface area contributed by atoms with Crippen molar-refractivity contribution in [2.75, 3.05) is 13.6 Å².